The summed E-state index contributed by atoms with van der Waals surface area (Å²) < 4.78 is 81.5. The van der Waals surface area contributed by atoms with Crippen molar-refractivity contribution < 1.29 is 31.1 Å². The van der Waals surface area contributed by atoms with E-state index in [1.165, 1.54) is 30.6 Å². The van der Waals surface area contributed by atoms with Gasteiger partial charge in [0.05, 0.1) is 11.1 Å². The van der Waals surface area contributed by atoms with Crippen molar-refractivity contribution in [1.82, 2.24) is 19.7 Å². The number of aromatic amines is 1. The van der Waals surface area contributed by atoms with Crippen LogP contribution in [0.4, 0.5) is 26.3 Å². The van der Waals surface area contributed by atoms with Crippen LogP contribution in [0.1, 0.15) is 59.2 Å². The molecule has 3 saturated heterocycles. The number of hydrogen-bond donors (Lipinski definition) is 1. The third-order valence-electron chi connectivity index (χ3n) is 9.74. The second-order valence-corrected chi connectivity index (χ2v) is 12.8. The Morgan fingerprint density at radius 3 is 2.05 bits per heavy atom. The molecule has 0 radical (unpaired) electrons. The third-order valence-corrected chi connectivity index (χ3v) is 9.74. The Kier molecular flexibility index (Phi) is 8.71. The number of halogens is 6. The number of amides is 1. The number of H-pyrrole nitrogens is 1. The van der Waals surface area contributed by atoms with Crippen LogP contribution < -0.4 is 0 Å². The van der Waals surface area contributed by atoms with Crippen molar-refractivity contribution in [2.24, 2.45) is 11.8 Å². The molecule has 44 heavy (non-hydrogen) atoms. The van der Waals surface area contributed by atoms with Gasteiger partial charge >= 0.3 is 12.4 Å². The molecule has 1 aliphatic carbocycles. The van der Waals surface area contributed by atoms with Crippen molar-refractivity contribution in [2.45, 2.75) is 56.9 Å². The zero-order chi connectivity index (χ0) is 31.1. The molecule has 1 atom stereocenters. The number of piperazine rings is 1. The van der Waals surface area contributed by atoms with Gasteiger partial charge in [-0.25, -0.2) is 0 Å². The zero-order valence-electron chi connectivity index (χ0n) is 24.6. The van der Waals surface area contributed by atoms with E-state index in [1.807, 2.05) is 30.5 Å². The van der Waals surface area contributed by atoms with Crippen LogP contribution in [0.3, 0.4) is 0 Å². The SMILES string of the molecule is O=C(c1cc(C(F)(F)F)cc(C(F)(F)F)c1)N1CCN(CCCN2CC3CCC(CC3)C2)C[C@H]1Cc1c[nH]c2ccccc12. The Morgan fingerprint density at radius 2 is 1.41 bits per heavy atom. The van der Waals surface area contributed by atoms with Gasteiger partial charge in [-0.15, -0.1) is 0 Å². The summed E-state index contributed by atoms with van der Waals surface area (Å²) in [4.78, 5) is 23.3. The second-order valence-electron chi connectivity index (χ2n) is 12.8. The summed E-state index contributed by atoms with van der Waals surface area (Å²) in [5.74, 6) is 0.765. The first-order chi connectivity index (χ1) is 20.9. The van der Waals surface area contributed by atoms with Gasteiger partial charge in [0.15, 0.2) is 0 Å². The van der Waals surface area contributed by atoms with Crippen molar-refractivity contribution in [3.8, 4) is 0 Å². The number of rotatable bonds is 7. The van der Waals surface area contributed by atoms with Crippen LogP contribution in [0, 0.1) is 11.8 Å². The van der Waals surface area contributed by atoms with Gasteiger partial charge < -0.3 is 14.8 Å². The number of nitrogens with one attached hydrogen (secondary N) is 1. The highest BCUT2D eigenvalue weighted by Gasteiger charge is 2.39. The van der Waals surface area contributed by atoms with Gasteiger partial charge in [0, 0.05) is 61.4 Å². The fourth-order valence-electron chi connectivity index (χ4n) is 7.47. The Labute approximate surface area is 253 Å². The van der Waals surface area contributed by atoms with Crippen LogP contribution in [0.5, 0.6) is 0 Å². The average molecular weight is 621 g/mol. The van der Waals surface area contributed by atoms with Gasteiger partial charge in [-0.2, -0.15) is 26.3 Å². The summed E-state index contributed by atoms with van der Waals surface area (Å²) >= 11 is 0. The molecule has 1 N–H and O–H groups in total. The minimum absolute atomic E-state index is 0.0634. The Balaban J connectivity index is 1.21. The van der Waals surface area contributed by atoms with Gasteiger partial charge in [-0.3, -0.25) is 9.69 Å². The highest BCUT2D eigenvalue weighted by atomic mass is 19.4. The van der Waals surface area contributed by atoms with Crippen LogP contribution in [-0.2, 0) is 18.8 Å². The van der Waals surface area contributed by atoms with E-state index in [2.05, 4.69) is 14.8 Å². The minimum atomic E-state index is -5.02. The molecular weight excluding hydrogens is 582 g/mol. The van der Waals surface area contributed by atoms with E-state index in [1.54, 1.807) is 0 Å². The topological polar surface area (TPSA) is 42.6 Å². The van der Waals surface area contributed by atoms with Crippen LogP contribution >= 0.6 is 0 Å². The standard InChI is InChI=1S/C33H38F6N4O/c34-32(35,36)26-14-24(15-27(17-26)33(37,38)39)31(44)43-13-12-41(10-3-11-42-19-22-6-7-23(20-42)9-8-22)21-28(43)16-25-18-40-30-5-2-1-4-29(25)30/h1-2,4-5,14-15,17-18,22-23,28,40H,3,6-13,16,19-21H2/t22?,23?,28-/m1/s1. The predicted octanol–water partition coefficient (Wildman–Crippen LogP) is 7.09. The van der Waals surface area contributed by atoms with E-state index in [9.17, 15) is 31.1 Å². The molecule has 11 heteroatoms. The van der Waals surface area contributed by atoms with E-state index in [-0.39, 0.29) is 12.6 Å². The maximum absolute atomic E-state index is 13.7. The number of hydrogen-bond acceptors (Lipinski definition) is 3. The number of para-hydroxylation sites is 1. The number of benzene rings is 2. The van der Waals surface area contributed by atoms with Gasteiger partial charge in [0.25, 0.3) is 5.91 Å². The molecule has 238 valence electrons. The molecule has 0 spiro atoms. The number of alkyl halides is 6. The Morgan fingerprint density at radius 1 is 0.795 bits per heavy atom. The summed E-state index contributed by atoms with van der Waals surface area (Å²) in [6.07, 6.45) is -1.50. The lowest BCUT2D eigenvalue weighted by Crippen LogP contribution is -2.56. The molecule has 2 aromatic carbocycles. The first kappa shape index (κ1) is 31.0. The molecule has 7 rings (SSSR count). The van der Waals surface area contributed by atoms with E-state index >= 15 is 0 Å². The molecule has 3 aromatic rings. The summed E-state index contributed by atoms with van der Waals surface area (Å²) in [5, 5.41) is 0.978. The molecule has 1 amide bonds. The number of carbonyl (C=O) groups is 1. The fraction of sp³-hybridized carbons (Fsp3) is 0.545. The Bertz CT molecular complexity index is 1410. The smallest absolute Gasteiger partial charge is 0.361 e. The van der Waals surface area contributed by atoms with E-state index < -0.39 is 41.0 Å². The predicted molar refractivity (Wildman–Crippen MR) is 156 cm³/mol. The molecule has 2 bridgehead atoms. The van der Waals surface area contributed by atoms with Crippen LogP contribution in [-0.4, -0.2) is 77.4 Å². The molecule has 5 nitrogen and oxygen atoms in total. The summed E-state index contributed by atoms with van der Waals surface area (Å²) in [6, 6.07) is 8.44. The monoisotopic (exact) mass is 620 g/mol. The average Bonchev–Trinajstić information content (AvgIpc) is 3.15. The molecule has 1 aromatic heterocycles. The van der Waals surface area contributed by atoms with E-state index in [0.717, 1.165) is 60.9 Å². The number of fused-ring (bicyclic) bond motifs is 5. The molecular formula is C33H38F6N4O. The lowest BCUT2D eigenvalue weighted by molar-refractivity contribution is -0.143. The lowest BCUT2D eigenvalue weighted by Gasteiger charge is -2.42. The number of aromatic nitrogens is 1. The lowest BCUT2D eigenvalue weighted by atomic mass is 9.84. The highest BCUT2D eigenvalue weighted by Crippen LogP contribution is 2.37. The van der Waals surface area contributed by atoms with Crippen molar-refractivity contribution >= 4 is 16.8 Å². The maximum Gasteiger partial charge on any atom is 0.416 e. The molecule has 3 aliphatic heterocycles. The molecule has 4 heterocycles. The molecule has 4 fully saturated rings. The third kappa shape index (κ3) is 6.93. The maximum atomic E-state index is 13.7. The van der Waals surface area contributed by atoms with Gasteiger partial charge in [0.2, 0.25) is 0 Å². The number of carbonyl (C=O) groups excluding carboxylic acids is 1. The summed E-state index contributed by atoms with van der Waals surface area (Å²) in [6.45, 7) is 5.34. The van der Waals surface area contributed by atoms with Crippen LogP contribution in [0.2, 0.25) is 0 Å². The van der Waals surface area contributed by atoms with Crippen molar-refractivity contribution in [1.29, 1.82) is 0 Å². The van der Waals surface area contributed by atoms with Gasteiger partial charge in [-0.05, 0) is 93.3 Å². The van der Waals surface area contributed by atoms with Crippen LogP contribution in [0.25, 0.3) is 10.9 Å². The summed E-state index contributed by atoms with van der Waals surface area (Å²) in [7, 11) is 0. The second kappa shape index (κ2) is 12.4. The fourth-order valence-corrected chi connectivity index (χ4v) is 7.47. The van der Waals surface area contributed by atoms with Crippen molar-refractivity contribution in [3.63, 3.8) is 0 Å². The summed E-state index contributed by atoms with van der Waals surface area (Å²) in [5.41, 5.74) is -1.69. The molecule has 4 aliphatic rings. The van der Waals surface area contributed by atoms with Crippen molar-refractivity contribution in [3.05, 3.63) is 70.9 Å². The normalized spacial score (nSPS) is 23.8. The number of nitrogens with zero attached hydrogens (tertiary/aromatic N) is 3. The first-order valence-corrected chi connectivity index (χ1v) is 15.5. The molecule has 0 unspecified atom stereocenters. The highest BCUT2D eigenvalue weighted by molar-refractivity contribution is 5.95. The van der Waals surface area contributed by atoms with Crippen LogP contribution in [0.15, 0.2) is 48.7 Å². The van der Waals surface area contributed by atoms with Crippen molar-refractivity contribution in [2.75, 3.05) is 45.8 Å². The zero-order valence-corrected chi connectivity index (χ0v) is 24.6. The molecule has 1 saturated carbocycles. The minimum Gasteiger partial charge on any atom is -0.361 e. The first-order valence-electron chi connectivity index (χ1n) is 15.5. The Hall–Kier alpha value is -3.05. The van der Waals surface area contributed by atoms with E-state index in [4.69, 9.17) is 0 Å². The van der Waals surface area contributed by atoms with Gasteiger partial charge in [-0.1, -0.05) is 18.2 Å². The largest absolute Gasteiger partial charge is 0.416 e. The van der Waals surface area contributed by atoms with E-state index in [0.29, 0.717) is 31.6 Å². The quantitative estimate of drug-likeness (QED) is 0.287. The van der Waals surface area contributed by atoms with Gasteiger partial charge in [0.1, 0.15) is 0 Å².